The van der Waals surface area contributed by atoms with Gasteiger partial charge in [0.15, 0.2) is 5.37 Å². The van der Waals surface area contributed by atoms with E-state index in [0.717, 1.165) is 30.5 Å². The van der Waals surface area contributed by atoms with Gasteiger partial charge in [0.05, 0.1) is 12.0 Å². The molecule has 1 aliphatic rings. The van der Waals surface area contributed by atoms with Crippen LogP contribution in [0.4, 0.5) is 0 Å². The first-order valence-electron chi connectivity index (χ1n) is 6.47. The number of rotatable bonds is 3. The second-order valence-corrected chi connectivity index (χ2v) is 6.81. The number of methoxy groups -OCH3 is 1. The average Bonchev–Trinajstić information content (AvgIpc) is 2.38. The lowest BCUT2D eigenvalue weighted by Crippen LogP contribution is -2.33. The van der Waals surface area contributed by atoms with Crippen molar-refractivity contribution in [2.24, 2.45) is 0 Å². The van der Waals surface area contributed by atoms with Gasteiger partial charge in [-0.1, -0.05) is 0 Å². The van der Waals surface area contributed by atoms with E-state index in [9.17, 15) is 8.42 Å². The molecule has 1 fully saturated rings. The molecule has 1 aromatic rings. The number of ether oxygens (including phenoxy) is 1. The highest BCUT2D eigenvalue weighted by Crippen LogP contribution is 2.32. The smallest absolute Gasteiger partial charge is 0.200 e. The third kappa shape index (κ3) is 2.77. The highest BCUT2D eigenvalue weighted by atomic mass is 32.2. The minimum absolute atomic E-state index is 0.415. The molecule has 0 spiro atoms. The van der Waals surface area contributed by atoms with E-state index < -0.39 is 9.84 Å². The van der Waals surface area contributed by atoms with E-state index >= 15 is 0 Å². The summed E-state index contributed by atoms with van der Waals surface area (Å²) in [6, 6.07) is 3.53. The number of nitrogens with one attached hydrogen (secondary N) is 1. The number of hydrogen-bond donors (Lipinski definition) is 1. The lowest BCUT2D eigenvalue weighted by molar-refractivity contribution is 0.413. The molecule has 1 heterocycles. The highest BCUT2D eigenvalue weighted by Gasteiger charge is 2.32. The fourth-order valence-electron chi connectivity index (χ4n) is 2.53. The summed E-state index contributed by atoms with van der Waals surface area (Å²) in [6.07, 6.45) is 2.56. The van der Waals surface area contributed by atoms with Crippen LogP contribution < -0.4 is 10.1 Å². The molecule has 1 saturated heterocycles. The Hall–Kier alpha value is -1.07. The summed E-state index contributed by atoms with van der Waals surface area (Å²) < 4.78 is 30.5. The molecule has 0 saturated carbocycles. The molecule has 105 valence electrons. The standard InChI is InChI=1S/C14H20NO3S/c1-10-8-12(18-3)9-11(2)14(10)19(16,17)13-6-4-5-7-15-13/h8-9,15H,4-7H2,1-3H3. The lowest BCUT2D eigenvalue weighted by atomic mass is 10.1. The molecule has 1 aromatic carbocycles. The molecule has 0 atom stereocenters. The van der Waals surface area contributed by atoms with E-state index in [1.807, 2.05) is 13.8 Å². The minimum atomic E-state index is -3.40. The average molecular weight is 282 g/mol. The van der Waals surface area contributed by atoms with Crippen LogP contribution in [0.2, 0.25) is 0 Å². The van der Waals surface area contributed by atoms with E-state index in [1.54, 1.807) is 19.2 Å². The molecule has 1 aliphatic heterocycles. The van der Waals surface area contributed by atoms with Crippen LogP contribution in [-0.4, -0.2) is 22.1 Å². The van der Waals surface area contributed by atoms with E-state index in [4.69, 9.17) is 4.74 Å². The second kappa shape index (κ2) is 5.51. The Kier molecular flexibility index (Phi) is 4.16. The Balaban J connectivity index is 2.45. The molecule has 0 amide bonds. The first-order chi connectivity index (χ1) is 8.96. The molecule has 0 aliphatic carbocycles. The van der Waals surface area contributed by atoms with Crippen molar-refractivity contribution in [3.63, 3.8) is 0 Å². The van der Waals surface area contributed by atoms with Gasteiger partial charge in [-0.05, 0) is 62.9 Å². The van der Waals surface area contributed by atoms with Gasteiger partial charge in [0.25, 0.3) is 0 Å². The van der Waals surface area contributed by atoms with Gasteiger partial charge < -0.3 is 4.74 Å². The summed E-state index contributed by atoms with van der Waals surface area (Å²) >= 11 is 0. The Labute approximate surface area is 115 Å². The van der Waals surface area contributed by atoms with Crippen molar-refractivity contribution in [3.05, 3.63) is 28.6 Å². The maximum Gasteiger partial charge on any atom is 0.200 e. The van der Waals surface area contributed by atoms with Crippen molar-refractivity contribution >= 4 is 9.84 Å². The second-order valence-electron chi connectivity index (χ2n) is 4.90. The largest absolute Gasteiger partial charge is 0.497 e. The van der Waals surface area contributed by atoms with Gasteiger partial charge in [0.2, 0.25) is 9.84 Å². The molecular formula is C14H20NO3S. The van der Waals surface area contributed by atoms with Crippen LogP contribution in [-0.2, 0) is 9.84 Å². The van der Waals surface area contributed by atoms with Gasteiger partial charge in [-0.15, -0.1) is 0 Å². The summed E-state index contributed by atoms with van der Waals surface area (Å²) in [5.41, 5.74) is 1.47. The summed E-state index contributed by atoms with van der Waals surface area (Å²) in [5, 5.41) is 3.49. The topological polar surface area (TPSA) is 55.4 Å². The summed E-state index contributed by atoms with van der Waals surface area (Å²) in [5.74, 6) is 0.690. The van der Waals surface area contributed by atoms with Crippen LogP contribution in [0.5, 0.6) is 5.75 Å². The maximum atomic E-state index is 12.7. The molecule has 0 unspecified atom stereocenters. The van der Waals surface area contributed by atoms with Crippen molar-refractivity contribution in [2.75, 3.05) is 13.7 Å². The Bertz CT molecular complexity index is 537. The van der Waals surface area contributed by atoms with Crippen LogP contribution in [0.25, 0.3) is 0 Å². The third-order valence-electron chi connectivity index (χ3n) is 3.42. The molecule has 0 aromatic heterocycles. The lowest BCUT2D eigenvalue weighted by Gasteiger charge is -2.24. The van der Waals surface area contributed by atoms with Crippen molar-refractivity contribution < 1.29 is 13.2 Å². The van der Waals surface area contributed by atoms with Crippen LogP contribution in [0.3, 0.4) is 0 Å². The quantitative estimate of drug-likeness (QED) is 0.924. The molecule has 5 heteroatoms. The zero-order valence-electron chi connectivity index (χ0n) is 11.6. The predicted molar refractivity (Wildman–Crippen MR) is 74.8 cm³/mol. The number of benzene rings is 1. The fourth-order valence-corrected chi connectivity index (χ4v) is 4.45. The first-order valence-corrected chi connectivity index (χ1v) is 7.95. The van der Waals surface area contributed by atoms with Crippen LogP contribution in [0.15, 0.2) is 17.0 Å². The molecule has 1 radical (unpaired) electrons. The van der Waals surface area contributed by atoms with Crippen molar-refractivity contribution in [2.45, 2.75) is 38.0 Å². The normalized spacial score (nSPS) is 17.4. The number of sulfone groups is 1. The molecule has 1 N–H and O–H groups in total. The first kappa shape index (κ1) is 14.3. The Morgan fingerprint density at radius 3 is 2.26 bits per heavy atom. The van der Waals surface area contributed by atoms with Gasteiger partial charge in [-0.25, -0.2) is 8.42 Å². The van der Waals surface area contributed by atoms with Crippen molar-refractivity contribution in [1.82, 2.24) is 5.32 Å². The van der Waals surface area contributed by atoms with Gasteiger partial charge >= 0.3 is 0 Å². The molecule has 19 heavy (non-hydrogen) atoms. The van der Waals surface area contributed by atoms with Gasteiger partial charge in [0, 0.05) is 0 Å². The van der Waals surface area contributed by atoms with Crippen molar-refractivity contribution in [1.29, 1.82) is 0 Å². The highest BCUT2D eigenvalue weighted by molar-refractivity contribution is 7.94. The minimum Gasteiger partial charge on any atom is -0.497 e. The van der Waals surface area contributed by atoms with E-state index in [-0.39, 0.29) is 0 Å². The van der Waals surface area contributed by atoms with Gasteiger partial charge in [0.1, 0.15) is 5.75 Å². The molecule has 4 nitrogen and oxygen atoms in total. The SMILES string of the molecule is COc1cc(C)c(S(=O)(=O)[C]2CCCCN2)c(C)c1. The van der Waals surface area contributed by atoms with E-state index in [0.29, 0.717) is 22.4 Å². The van der Waals surface area contributed by atoms with Crippen LogP contribution in [0, 0.1) is 19.2 Å². The summed E-state index contributed by atoms with van der Waals surface area (Å²) in [4.78, 5) is 0.415. The van der Waals surface area contributed by atoms with Crippen molar-refractivity contribution in [3.8, 4) is 5.75 Å². The van der Waals surface area contributed by atoms with Crippen LogP contribution >= 0.6 is 0 Å². The van der Waals surface area contributed by atoms with Crippen LogP contribution in [0.1, 0.15) is 30.4 Å². The van der Waals surface area contributed by atoms with Gasteiger partial charge in [-0.2, -0.15) is 0 Å². The zero-order valence-corrected chi connectivity index (χ0v) is 12.4. The number of aryl methyl sites for hydroxylation is 2. The molecular weight excluding hydrogens is 262 g/mol. The molecule has 2 rings (SSSR count). The Morgan fingerprint density at radius 1 is 1.16 bits per heavy atom. The fraction of sp³-hybridized carbons (Fsp3) is 0.500. The maximum absolute atomic E-state index is 12.7. The molecule has 0 bridgehead atoms. The van der Waals surface area contributed by atoms with Gasteiger partial charge in [-0.3, -0.25) is 5.32 Å². The summed E-state index contributed by atoms with van der Waals surface area (Å²) in [6.45, 7) is 4.36. The zero-order chi connectivity index (χ0) is 14.0. The Morgan fingerprint density at radius 2 is 1.79 bits per heavy atom. The van der Waals surface area contributed by atoms with E-state index in [2.05, 4.69) is 5.32 Å². The number of piperidine rings is 1. The van der Waals surface area contributed by atoms with E-state index in [1.165, 1.54) is 0 Å². The monoisotopic (exact) mass is 282 g/mol. The number of hydrogen-bond acceptors (Lipinski definition) is 4. The predicted octanol–water partition coefficient (Wildman–Crippen LogP) is 2.35. The summed E-state index contributed by atoms with van der Waals surface area (Å²) in [7, 11) is -1.82. The third-order valence-corrected chi connectivity index (χ3v) is 5.59.